The number of nitrogens with one attached hydrogen (secondary N) is 1. The van der Waals surface area contributed by atoms with Gasteiger partial charge >= 0.3 is 0 Å². The van der Waals surface area contributed by atoms with Crippen LogP contribution in [0, 0.1) is 5.82 Å². The summed E-state index contributed by atoms with van der Waals surface area (Å²) in [4.78, 5) is 1.65. The minimum Gasteiger partial charge on any atom is -0.313 e. The molecule has 0 heterocycles. The van der Waals surface area contributed by atoms with Crippen molar-refractivity contribution in [1.82, 2.24) is 5.32 Å². The van der Waals surface area contributed by atoms with Crippen molar-refractivity contribution in [3.8, 4) is 0 Å². The van der Waals surface area contributed by atoms with Crippen LogP contribution in [0.3, 0.4) is 0 Å². The van der Waals surface area contributed by atoms with Gasteiger partial charge in [-0.05, 0) is 59.7 Å². The summed E-state index contributed by atoms with van der Waals surface area (Å²) < 4.78 is 15.1. The molecule has 2 aromatic carbocycles. The van der Waals surface area contributed by atoms with Crippen molar-refractivity contribution < 1.29 is 4.39 Å². The molecule has 1 nitrogen and oxygen atoms in total. The van der Waals surface area contributed by atoms with Crippen LogP contribution in [0.4, 0.5) is 4.39 Å². The van der Waals surface area contributed by atoms with Crippen LogP contribution in [0.25, 0.3) is 0 Å². The Hall–Kier alpha value is -0.840. The lowest BCUT2D eigenvalue weighted by molar-refractivity contribution is 0.587. The van der Waals surface area contributed by atoms with E-state index in [1.54, 1.807) is 6.07 Å². The Balaban J connectivity index is 2.25. The highest BCUT2D eigenvalue weighted by Gasteiger charge is 2.10. The molecule has 100 valence electrons. The molecule has 0 fully saturated rings. The van der Waals surface area contributed by atoms with Crippen molar-refractivity contribution in [1.29, 1.82) is 0 Å². The third-order valence-electron chi connectivity index (χ3n) is 2.95. The van der Waals surface area contributed by atoms with E-state index < -0.39 is 0 Å². The largest absolute Gasteiger partial charge is 0.313 e. The summed E-state index contributed by atoms with van der Waals surface area (Å²) in [6.07, 6.45) is 0. The van der Waals surface area contributed by atoms with E-state index >= 15 is 0 Å². The summed E-state index contributed by atoms with van der Waals surface area (Å²) in [5.74, 6) is -0.180. The molecule has 0 saturated carbocycles. The molecule has 2 rings (SSSR count). The van der Waals surface area contributed by atoms with Gasteiger partial charge in [-0.15, -0.1) is 0 Å². The highest BCUT2D eigenvalue weighted by atomic mass is 79.9. The quantitative estimate of drug-likeness (QED) is 0.839. The van der Waals surface area contributed by atoms with Crippen molar-refractivity contribution in [3.63, 3.8) is 0 Å². The topological polar surface area (TPSA) is 12.0 Å². The van der Waals surface area contributed by atoms with Crippen molar-refractivity contribution >= 4 is 27.7 Å². The number of hydrogen-bond donors (Lipinski definition) is 1. The molecular weight excluding hydrogens is 325 g/mol. The summed E-state index contributed by atoms with van der Waals surface area (Å²) in [6.45, 7) is 2.01. The van der Waals surface area contributed by atoms with Crippen LogP contribution in [0.2, 0.25) is 0 Å². The molecule has 0 aliphatic carbocycles. The van der Waals surface area contributed by atoms with Gasteiger partial charge in [0.2, 0.25) is 0 Å². The van der Waals surface area contributed by atoms with Crippen molar-refractivity contribution in [2.45, 2.75) is 22.8 Å². The van der Waals surface area contributed by atoms with E-state index in [0.29, 0.717) is 4.90 Å². The summed E-state index contributed by atoms with van der Waals surface area (Å²) in [5, 5.41) is 3.11. The van der Waals surface area contributed by atoms with Gasteiger partial charge in [-0.3, -0.25) is 0 Å². The maximum atomic E-state index is 14.1. The minimum atomic E-state index is -0.180. The van der Waals surface area contributed by atoms with E-state index in [-0.39, 0.29) is 11.9 Å². The first-order valence-corrected chi connectivity index (χ1v) is 7.62. The molecule has 0 spiro atoms. The Morgan fingerprint density at radius 2 is 1.89 bits per heavy atom. The Kier molecular flexibility index (Phi) is 5.02. The average Bonchev–Trinajstić information content (AvgIpc) is 2.42. The third-order valence-corrected chi connectivity index (χ3v) is 5.03. The predicted octanol–water partition coefficient (Wildman–Crippen LogP) is 5.02. The van der Waals surface area contributed by atoms with Gasteiger partial charge in [0.15, 0.2) is 0 Å². The molecule has 1 atom stereocenters. The van der Waals surface area contributed by atoms with Gasteiger partial charge in [-0.25, -0.2) is 4.39 Å². The maximum Gasteiger partial charge on any atom is 0.137 e. The molecule has 1 unspecified atom stereocenters. The predicted molar refractivity (Wildman–Crippen MR) is 82.1 cm³/mol. The first-order valence-electron chi connectivity index (χ1n) is 6.01. The summed E-state index contributed by atoms with van der Waals surface area (Å²) in [5.41, 5.74) is 0.955. The highest BCUT2D eigenvalue weighted by molar-refractivity contribution is 9.10. The third kappa shape index (κ3) is 3.59. The van der Waals surface area contributed by atoms with Crippen molar-refractivity contribution in [2.24, 2.45) is 0 Å². The average molecular weight is 340 g/mol. The zero-order valence-corrected chi connectivity index (χ0v) is 13.2. The first-order chi connectivity index (χ1) is 9.11. The lowest BCUT2D eigenvalue weighted by Gasteiger charge is -2.12. The van der Waals surface area contributed by atoms with Crippen molar-refractivity contribution in [3.05, 3.63) is 58.3 Å². The van der Waals surface area contributed by atoms with E-state index in [1.807, 2.05) is 50.4 Å². The summed E-state index contributed by atoms with van der Waals surface area (Å²) in [7, 11) is 1.87. The molecule has 0 radical (unpaired) electrons. The summed E-state index contributed by atoms with van der Waals surface area (Å²) in [6, 6.07) is 13.4. The fourth-order valence-corrected chi connectivity index (χ4v) is 3.05. The van der Waals surface area contributed by atoms with Crippen LogP contribution < -0.4 is 5.32 Å². The minimum absolute atomic E-state index is 0.150. The zero-order valence-electron chi connectivity index (χ0n) is 10.8. The molecule has 2 aromatic rings. The lowest BCUT2D eigenvalue weighted by Crippen LogP contribution is -2.12. The van der Waals surface area contributed by atoms with Gasteiger partial charge in [-0.1, -0.05) is 30.0 Å². The molecule has 1 N–H and O–H groups in total. The highest BCUT2D eigenvalue weighted by Crippen LogP contribution is 2.35. The second kappa shape index (κ2) is 6.55. The van der Waals surface area contributed by atoms with Gasteiger partial charge in [-0.2, -0.15) is 0 Å². The van der Waals surface area contributed by atoms with Gasteiger partial charge < -0.3 is 5.32 Å². The molecule has 0 bridgehead atoms. The van der Waals surface area contributed by atoms with Crippen molar-refractivity contribution in [2.75, 3.05) is 7.05 Å². The molecule has 0 amide bonds. The van der Waals surface area contributed by atoms with Crippen LogP contribution in [-0.2, 0) is 0 Å². The monoisotopic (exact) mass is 339 g/mol. The fraction of sp³-hybridized carbons (Fsp3) is 0.200. The fourth-order valence-electron chi connectivity index (χ4n) is 1.68. The first kappa shape index (κ1) is 14.6. The van der Waals surface area contributed by atoms with E-state index in [1.165, 1.54) is 11.8 Å². The SMILES string of the molecule is CNC(C)c1ccc(Sc2ccccc2Br)c(F)c1. The lowest BCUT2D eigenvalue weighted by atomic mass is 10.1. The Bertz CT molecular complexity index is 574. The Morgan fingerprint density at radius 3 is 2.53 bits per heavy atom. The van der Waals surface area contributed by atoms with Crippen LogP contribution in [0.1, 0.15) is 18.5 Å². The number of rotatable bonds is 4. The van der Waals surface area contributed by atoms with E-state index in [2.05, 4.69) is 21.2 Å². The van der Waals surface area contributed by atoms with Crippen LogP contribution in [0.15, 0.2) is 56.7 Å². The number of hydrogen-bond acceptors (Lipinski definition) is 2. The smallest absolute Gasteiger partial charge is 0.137 e. The second-order valence-electron chi connectivity index (χ2n) is 4.23. The summed E-state index contributed by atoms with van der Waals surface area (Å²) >= 11 is 4.90. The van der Waals surface area contributed by atoms with Crippen LogP contribution in [-0.4, -0.2) is 7.05 Å². The van der Waals surface area contributed by atoms with E-state index in [4.69, 9.17) is 0 Å². The molecule has 0 saturated heterocycles. The van der Waals surface area contributed by atoms with Crippen LogP contribution >= 0.6 is 27.7 Å². The molecule has 19 heavy (non-hydrogen) atoms. The standard InChI is InChI=1S/C15H15BrFNS/c1-10(18-2)11-7-8-15(13(17)9-11)19-14-6-4-3-5-12(14)16/h3-10,18H,1-2H3. The molecule has 0 aromatic heterocycles. The van der Waals surface area contributed by atoms with Gasteiger partial charge in [0.05, 0.1) is 0 Å². The molecular formula is C15H15BrFNS. The number of benzene rings is 2. The Labute approximate surface area is 125 Å². The Morgan fingerprint density at radius 1 is 1.16 bits per heavy atom. The van der Waals surface area contributed by atoms with Crippen LogP contribution in [0.5, 0.6) is 0 Å². The maximum absolute atomic E-state index is 14.1. The van der Waals surface area contributed by atoms with E-state index in [0.717, 1.165) is 14.9 Å². The van der Waals surface area contributed by atoms with Gasteiger partial charge in [0.1, 0.15) is 5.82 Å². The normalized spacial score (nSPS) is 12.4. The van der Waals surface area contributed by atoms with Gasteiger partial charge in [0.25, 0.3) is 0 Å². The number of halogens is 2. The molecule has 4 heteroatoms. The molecule has 0 aliphatic heterocycles. The van der Waals surface area contributed by atoms with E-state index in [9.17, 15) is 4.39 Å². The second-order valence-corrected chi connectivity index (χ2v) is 6.17. The zero-order chi connectivity index (χ0) is 13.8. The van der Waals surface area contributed by atoms with Gasteiger partial charge in [0, 0.05) is 20.3 Å². The molecule has 0 aliphatic rings.